The monoisotopic (exact) mass is 328 g/mol. The number of rotatable bonds is 6. The van der Waals surface area contributed by atoms with Crippen molar-refractivity contribution in [3.8, 4) is 5.75 Å². The first-order valence-electron chi connectivity index (χ1n) is 6.84. The molecule has 1 aromatic carbocycles. The van der Waals surface area contributed by atoms with Crippen LogP contribution < -0.4 is 10.1 Å². The summed E-state index contributed by atoms with van der Waals surface area (Å²) < 4.78 is 42.5. The van der Waals surface area contributed by atoms with Gasteiger partial charge in [-0.1, -0.05) is 18.2 Å². The van der Waals surface area contributed by atoms with Gasteiger partial charge >= 0.3 is 6.18 Å². The molecule has 0 aliphatic carbocycles. The normalized spacial score (nSPS) is 11.3. The van der Waals surface area contributed by atoms with Crippen LogP contribution in [0.5, 0.6) is 5.75 Å². The van der Waals surface area contributed by atoms with E-state index in [9.17, 15) is 18.0 Å². The van der Waals surface area contributed by atoms with Crippen molar-refractivity contribution in [3.05, 3.63) is 35.7 Å². The van der Waals surface area contributed by atoms with Gasteiger partial charge in [0, 0.05) is 6.42 Å². The maximum Gasteiger partial charge on any atom is 0.451 e. The standard InChI is InChI=1S/C14H15F3N4O2/c1-9-5-2-3-6-10(9)23-8-4-7-11(22)18-13-19-12(20-21-13)14(15,16)17/h2-3,5-6H,4,7-8H2,1H3,(H2,18,19,20,21,22). The Hall–Kier alpha value is -2.58. The Labute approximate surface area is 130 Å². The molecule has 0 radical (unpaired) electrons. The number of aromatic nitrogens is 3. The Morgan fingerprint density at radius 2 is 2.09 bits per heavy atom. The molecule has 2 N–H and O–H groups in total. The van der Waals surface area contributed by atoms with Gasteiger partial charge in [0.2, 0.25) is 17.7 Å². The summed E-state index contributed by atoms with van der Waals surface area (Å²) in [4.78, 5) is 14.8. The number of carbonyl (C=O) groups excluding carboxylic acids is 1. The first-order valence-corrected chi connectivity index (χ1v) is 6.84. The van der Waals surface area contributed by atoms with Crippen molar-refractivity contribution < 1.29 is 22.7 Å². The maximum absolute atomic E-state index is 12.3. The summed E-state index contributed by atoms with van der Waals surface area (Å²) in [6.45, 7) is 2.23. The molecule has 1 amide bonds. The van der Waals surface area contributed by atoms with Crippen LogP contribution in [0.3, 0.4) is 0 Å². The quantitative estimate of drug-likeness (QED) is 0.799. The Morgan fingerprint density at radius 3 is 2.74 bits per heavy atom. The average Bonchev–Trinajstić information content (AvgIpc) is 2.94. The van der Waals surface area contributed by atoms with Crippen molar-refractivity contribution in [1.29, 1.82) is 0 Å². The average molecular weight is 328 g/mol. The highest BCUT2D eigenvalue weighted by Gasteiger charge is 2.35. The molecule has 0 aliphatic rings. The summed E-state index contributed by atoms with van der Waals surface area (Å²) in [5, 5.41) is 7.21. The van der Waals surface area contributed by atoms with Crippen LogP contribution in [-0.2, 0) is 11.0 Å². The predicted octanol–water partition coefficient (Wildman–Crippen LogP) is 2.93. The number of ether oxygens (including phenoxy) is 1. The number of aryl methyl sites for hydroxylation is 1. The van der Waals surface area contributed by atoms with Crippen LogP contribution in [0.4, 0.5) is 19.1 Å². The Morgan fingerprint density at radius 1 is 1.35 bits per heavy atom. The van der Waals surface area contributed by atoms with Gasteiger partial charge in [-0.15, -0.1) is 5.10 Å². The molecule has 6 nitrogen and oxygen atoms in total. The summed E-state index contributed by atoms with van der Waals surface area (Å²) in [6.07, 6.45) is -4.13. The fourth-order valence-corrected chi connectivity index (χ4v) is 1.76. The molecule has 2 aromatic rings. The molecule has 1 aromatic heterocycles. The highest BCUT2D eigenvalue weighted by molar-refractivity contribution is 5.88. The zero-order chi connectivity index (χ0) is 16.9. The summed E-state index contributed by atoms with van der Waals surface area (Å²) in [7, 11) is 0. The molecule has 0 saturated carbocycles. The number of halogens is 3. The van der Waals surface area contributed by atoms with E-state index in [0.717, 1.165) is 11.3 Å². The second-order valence-electron chi connectivity index (χ2n) is 4.77. The largest absolute Gasteiger partial charge is 0.493 e. The van der Waals surface area contributed by atoms with Crippen molar-refractivity contribution in [3.63, 3.8) is 0 Å². The molecule has 0 unspecified atom stereocenters. The number of amides is 1. The molecule has 2 rings (SSSR count). The van der Waals surface area contributed by atoms with E-state index >= 15 is 0 Å². The van der Waals surface area contributed by atoms with Gasteiger partial charge in [0.1, 0.15) is 5.75 Å². The Kier molecular flexibility index (Phi) is 5.20. The highest BCUT2D eigenvalue weighted by atomic mass is 19.4. The summed E-state index contributed by atoms with van der Waals surface area (Å²) >= 11 is 0. The van der Waals surface area contributed by atoms with Crippen LogP contribution in [-0.4, -0.2) is 27.7 Å². The van der Waals surface area contributed by atoms with E-state index in [1.807, 2.05) is 31.2 Å². The van der Waals surface area contributed by atoms with E-state index in [1.54, 1.807) is 5.10 Å². The molecule has 9 heteroatoms. The third kappa shape index (κ3) is 4.97. The van der Waals surface area contributed by atoms with Gasteiger partial charge < -0.3 is 4.74 Å². The Bertz CT molecular complexity index is 670. The van der Waals surface area contributed by atoms with Gasteiger partial charge in [0.25, 0.3) is 0 Å². The van der Waals surface area contributed by atoms with Crippen molar-refractivity contribution >= 4 is 11.9 Å². The molecule has 0 saturated heterocycles. The third-order valence-corrected chi connectivity index (χ3v) is 2.90. The number of anilines is 1. The zero-order valence-electron chi connectivity index (χ0n) is 12.3. The first kappa shape index (κ1) is 16.8. The van der Waals surface area contributed by atoms with Crippen LogP contribution in [0.15, 0.2) is 24.3 Å². The van der Waals surface area contributed by atoms with E-state index in [2.05, 4.69) is 15.4 Å². The number of nitrogens with one attached hydrogen (secondary N) is 2. The summed E-state index contributed by atoms with van der Waals surface area (Å²) in [5.41, 5.74) is 0.984. The molecule has 1 heterocycles. The lowest BCUT2D eigenvalue weighted by Gasteiger charge is -2.08. The topological polar surface area (TPSA) is 79.9 Å². The van der Waals surface area contributed by atoms with Crippen molar-refractivity contribution in [2.24, 2.45) is 0 Å². The molecule has 0 bridgehead atoms. The molecule has 0 atom stereocenters. The smallest absolute Gasteiger partial charge is 0.451 e. The predicted molar refractivity (Wildman–Crippen MR) is 75.9 cm³/mol. The van der Waals surface area contributed by atoms with Crippen molar-refractivity contribution in [2.45, 2.75) is 25.9 Å². The molecule has 0 spiro atoms. The fraction of sp³-hybridized carbons (Fsp3) is 0.357. The van der Waals surface area contributed by atoms with E-state index in [-0.39, 0.29) is 6.42 Å². The number of carbonyl (C=O) groups is 1. The second kappa shape index (κ2) is 7.12. The van der Waals surface area contributed by atoms with Gasteiger partial charge in [-0.3, -0.25) is 15.2 Å². The number of aromatic amines is 1. The number of hydrogen-bond donors (Lipinski definition) is 2. The van der Waals surface area contributed by atoms with E-state index in [0.29, 0.717) is 13.0 Å². The number of nitrogens with zero attached hydrogens (tertiary/aromatic N) is 2. The minimum absolute atomic E-state index is 0.0851. The van der Waals surface area contributed by atoms with Crippen LogP contribution in [0.25, 0.3) is 0 Å². The SMILES string of the molecule is Cc1ccccc1OCCCC(=O)Nc1n[nH]c(C(F)(F)F)n1. The van der Waals surface area contributed by atoms with Crippen LogP contribution in [0, 0.1) is 6.92 Å². The number of H-pyrrole nitrogens is 1. The molecule has 0 fully saturated rings. The zero-order valence-corrected chi connectivity index (χ0v) is 12.3. The highest BCUT2D eigenvalue weighted by Crippen LogP contribution is 2.26. The van der Waals surface area contributed by atoms with Crippen LogP contribution in [0.2, 0.25) is 0 Å². The van der Waals surface area contributed by atoms with E-state index in [1.165, 1.54) is 0 Å². The third-order valence-electron chi connectivity index (χ3n) is 2.90. The number of para-hydroxylation sites is 1. The van der Waals surface area contributed by atoms with Crippen LogP contribution in [0.1, 0.15) is 24.2 Å². The van der Waals surface area contributed by atoms with E-state index < -0.39 is 23.9 Å². The van der Waals surface area contributed by atoms with Crippen LogP contribution >= 0.6 is 0 Å². The van der Waals surface area contributed by atoms with Gasteiger partial charge in [-0.05, 0) is 25.0 Å². The number of benzene rings is 1. The second-order valence-corrected chi connectivity index (χ2v) is 4.77. The first-order chi connectivity index (χ1) is 10.9. The van der Waals surface area contributed by atoms with E-state index in [4.69, 9.17) is 4.74 Å². The summed E-state index contributed by atoms with van der Waals surface area (Å²) in [5.74, 6) is -1.40. The van der Waals surface area contributed by atoms with Gasteiger partial charge in [0.15, 0.2) is 0 Å². The molecule has 0 aliphatic heterocycles. The lowest BCUT2D eigenvalue weighted by atomic mass is 10.2. The number of alkyl halides is 3. The lowest BCUT2D eigenvalue weighted by Crippen LogP contribution is -2.14. The summed E-state index contributed by atoms with van der Waals surface area (Å²) in [6, 6.07) is 7.46. The Balaban J connectivity index is 1.73. The van der Waals surface area contributed by atoms with Crippen molar-refractivity contribution in [2.75, 3.05) is 11.9 Å². The van der Waals surface area contributed by atoms with Crippen molar-refractivity contribution in [1.82, 2.24) is 15.2 Å². The minimum atomic E-state index is -4.63. The van der Waals surface area contributed by atoms with Gasteiger partial charge in [-0.25, -0.2) is 0 Å². The van der Waals surface area contributed by atoms with Gasteiger partial charge in [-0.2, -0.15) is 18.2 Å². The minimum Gasteiger partial charge on any atom is -0.493 e. The molecular weight excluding hydrogens is 313 g/mol. The molecule has 124 valence electrons. The molecule has 23 heavy (non-hydrogen) atoms. The molecular formula is C14H15F3N4O2. The lowest BCUT2D eigenvalue weighted by molar-refractivity contribution is -0.144. The maximum atomic E-state index is 12.3. The van der Waals surface area contributed by atoms with Gasteiger partial charge in [0.05, 0.1) is 6.61 Å². The number of hydrogen-bond acceptors (Lipinski definition) is 4. The fourth-order valence-electron chi connectivity index (χ4n) is 1.76.